The Morgan fingerprint density at radius 3 is 1.95 bits per heavy atom. The fourth-order valence-electron chi connectivity index (χ4n) is 5.72. The van der Waals surface area contributed by atoms with Gasteiger partial charge in [-0.15, -0.1) is 0 Å². The lowest BCUT2D eigenvalue weighted by atomic mass is 9.61. The Morgan fingerprint density at radius 1 is 0.814 bits per heavy atom. The van der Waals surface area contributed by atoms with E-state index in [0.29, 0.717) is 35.0 Å². The van der Waals surface area contributed by atoms with Crippen LogP contribution < -0.4 is 20.1 Å². The maximum Gasteiger partial charge on any atom is 0.235 e. The number of rotatable bonds is 9. The van der Waals surface area contributed by atoms with Gasteiger partial charge in [-0.25, -0.2) is 0 Å². The first-order valence-corrected chi connectivity index (χ1v) is 14.1. The number of ether oxygens (including phenoxy) is 2. The fourth-order valence-corrected chi connectivity index (χ4v) is 5.72. The van der Waals surface area contributed by atoms with Crippen LogP contribution in [0, 0.1) is 11.8 Å². The molecule has 0 heterocycles. The van der Waals surface area contributed by atoms with Gasteiger partial charge in [0.1, 0.15) is 18.3 Å². The number of hydrogen-bond acceptors (Lipinski definition) is 6. The summed E-state index contributed by atoms with van der Waals surface area (Å²) in [5.41, 5.74) is 0.770. The van der Waals surface area contributed by atoms with Gasteiger partial charge in [-0.1, -0.05) is 72.8 Å². The number of nitrogens with one attached hydrogen (secondary N) is 2. The van der Waals surface area contributed by atoms with Gasteiger partial charge in [-0.2, -0.15) is 0 Å². The van der Waals surface area contributed by atoms with Crippen LogP contribution in [0.1, 0.15) is 30.4 Å². The number of Topliss-reactive ketones (excluding diaryl/α,β-unsaturated/α-hetero) is 1. The number of amides is 2. The minimum absolute atomic E-state index is 0.303. The minimum Gasteiger partial charge on any atom is -0.493 e. The van der Waals surface area contributed by atoms with Crippen molar-refractivity contribution in [2.75, 3.05) is 17.7 Å². The molecule has 0 spiro atoms. The van der Waals surface area contributed by atoms with Gasteiger partial charge in [0, 0.05) is 23.7 Å². The second kappa shape index (κ2) is 12.9. The summed E-state index contributed by atoms with van der Waals surface area (Å²) in [5, 5.41) is 17.3. The largest absolute Gasteiger partial charge is 0.493 e. The molecule has 8 nitrogen and oxygen atoms in total. The molecule has 2 amide bonds. The number of carbonyl (C=O) groups is 3. The van der Waals surface area contributed by atoms with Crippen molar-refractivity contribution in [3.63, 3.8) is 0 Å². The average Bonchev–Trinajstić information content (AvgIpc) is 3.00. The molecule has 4 aromatic rings. The quantitative estimate of drug-likeness (QED) is 0.223. The first kappa shape index (κ1) is 29.5. The van der Waals surface area contributed by atoms with Crippen LogP contribution in [0.4, 0.5) is 11.4 Å². The lowest BCUT2D eigenvalue weighted by Crippen LogP contribution is -2.56. The topological polar surface area (TPSA) is 114 Å². The lowest BCUT2D eigenvalue weighted by molar-refractivity contribution is -0.150. The van der Waals surface area contributed by atoms with Gasteiger partial charge in [-0.3, -0.25) is 14.4 Å². The van der Waals surface area contributed by atoms with Gasteiger partial charge >= 0.3 is 0 Å². The zero-order valence-corrected chi connectivity index (χ0v) is 24.0. The Labute approximate surface area is 250 Å². The van der Waals surface area contributed by atoms with Crippen LogP contribution in [-0.4, -0.2) is 35.4 Å². The number of hydrogen-bond donors (Lipinski definition) is 3. The molecule has 4 unspecified atom stereocenters. The third kappa shape index (κ3) is 6.76. The normalized spacial score (nSPS) is 21.5. The standard InChI is InChI=1S/C35H34N2O6/c1-35(41)21-27(38)31(33(39)36-25-14-8-4-9-15-25)30(32(35)34(40)37-26-16-10-5-11-17-26)24-18-19-28(29(20-24)42-2)43-22-23-12-6-3-7-13-23/h3-20,30-32,41H,21-22H2,1-2H3,(H,36,39)(H,37,40). The van der Waals surface area contributed by atoms with Crippen molar-refractivity contribution in [2.45, 2.75) is 31.5 Å². The Morgan fingerprint density at radius 2 is 1.37 bits per heavy atom. The maximum absolute atomic E-state index is 13.9. The smallest absolute Gasteiger partial charge is 0.235 e. The molecule has 5 rings (SSSR count). The summed E-state index contributed by atoms with van der Waals surface area (Å²) in [6, 6.07) is 32.4. The molecule has 4 aromatic carbocycles. The molecule has 43 heavy (non-hydrogen) atoms. The zero-order valence-electron chi connectivity index (χ0n) is 24.0. The minimum atomic E-state index is -1.74. The number of carbonyl (C=O) groups excluding carboxylic acids is 3. The third-order valence-corrected chi connectivity index (χ3v) is 7.72. The van der Waals surface area contributed by atoms with E-state index in [2.05, 4.69) is 10.6 Å². The zero-order chi connectivity index (χ0) is 30.4. The van der Waals surface area contributed by atoms with Crippen LogP contribution in [0.15, 0.2) is 109 Å². The molecule has 8 heteroatoms. The summed E-state index contributed by atoms with van der Waals surface area (Å²) in [7, 11) is 1.50. The molecule has 0 aromatic heterocycles. The number of benzene rings is 4. The van der Waals surface area contributed by atoms with Crippen molar-refractivity contribution in [1.82, 2.24) is 0 Å². The van der Waals surface area contributed by atoms with Gasteiger partial charge in [0.15, 0.2) is 11.5 Å². The van der Waals surface area contributed by atoms with Crippen molar-refractivity contribution < 1.29 is 29.0 Å². The number of aliphatic hydroxyl groups is 1. The number of methoxy groups -OCH3 is 1. The van der Waals surface area contributed by atoms with Crippen molar-refractivity contribution in [1.29, 1.82) is 0 Å². The molecule has 1 aliphatic carbocycles. The van der Waals surface area contributed by atoms with Crippen molar-refractivity contribution in [3.05, 3.63) is 120 Å². The molecule has 0 bridgehead atoms. The van der Waals surface area contributed by atoms with E-state index in [1.807, 2.05) is 42.5 Å². The van der Waals surface area contributed by atoms with Crippen molar-refractivity contribution in [2.24, 2.45) is 11.8 Å². The van der Waals surface area contributed by atoms with E-state index in [1.165, 1.54) is 14.0 Å². The van der Waals surface area contributed by atoms with E-state index in [-0.39, 0.29) is 6.42 Å². The van der Waals surface area contributed by atoms with E-state index in [0.717, 1.165) is 5.56 Å². The van der Waals surface area contributed by atoms with Crippen molar-refractivity contribution in [3.8, 4) is 11.5 Å². The van der Waals surface area contributed by atoms with Gasteiger partial charge in [0.2, 0.25) is 11.8 Å². The molecule has 3 N–H and O–H groups in total. The van der Waals surface area contributed by atoms with E-state index in [4.69, 9.17) is 9.47 Å². The Hall–Kier alpha value is -4.95. The van der Waals surface area contributed by atoms with Gasteiger partial charge in [0.05, 0.1) is 18.6 Å². The Bertz CT molecular complexity index is 1570. The molecule has 1 aliphatic rings. The molecule has 1 fully saturated rings. The monoisotopic (exact) mass is 578 g/mol. The summed E-state index contributed by atoms with van der Waals surface area (Å²) in [6.07, 6.45) is -0.362. The molecule has 0 saturated heterocycles. The first-order valence-electron chi connectivity index (χ1n) is 14.1. The number of para-hydroxylation sites is 2. The van der Waals surface area contributed by atoms with Gasteiger partial charge < -0.3 is 25.2 Å². The molecule has 220 valence electrons. The highest BCUT2D eigenvalue weighted by Crippen LogP contribution is 2.48. The predicted molar refractivity (Wildman–Crippen MR) is 164 cm³/mol. The van der Waals surface area contributed by atoms with E-state index >= 15 is 0 Å². The Balaban J connectivity index is 1.55. The van der Waals surface area contributed by atoms with Crippen LogP contribution in [0.2, 0.25) is 0 Å². The highest BCUT2D eigenvalue weighted by Gasteiger charge is 2.56. The molecule has 1 saturated carbocycles. The molecule has 0 aliphatic heterocycles. The number of ketones is 1. The van der Waals surface area contributed by atoms with Crippen molar-refractivity contribution >= 4 is 29.0 Å². The Kier molecular flexibility index (Phi) is 8.87. The average molecular weight is 579 g/mol. The second-order valence-corrected chi connectivity index (χ2v) is 10.9. The molecular weight excluding hydrogens is 544 g/mol. The van der Waals surface area contributed by atoms with Crippen LogP contribution >= 0.6 is 0 Å². The van der Waals surface area contributed by atoms with E-state index in [9.17, 15) is 19.5 Å². The highest BCUT2D eigenvalue weighted by molar-refractivity contribution is 6.10. The van der Waals surface area contributed by atoms with Crippen LogP contribution in [0.3, 0.4) is 0 Å². The molecule has 0 radical (unpaired) electrons. The molecular formula is C35H34N2O6. The summed E-state index contributed by atoms with van der Waals surface area (Å²) in [6.45, 7) is 1.77. The SMILES string of the molecule is COc1cc(C2C(C(=O)Nc3ccccc3)C(=O)CC(C)(O)C2C(=O)Nc2ccccc2)ccc1OCc1ccccc1. The number of anilines is 2. The summed E-state index contributed by atoms with van der Waals surface area (Å²) >= 11 is 0. The van der Waals surface area contributed by atoms with Crippen LogP contribution in [-0.2, 0) is 21.0 Å². The van der Waals surface area contributed by atoms with Gasteiger partial charge in [0.25, 0.3) is 0 Å². The highest BCUT2D eigenvalue weighted by atomic mass is 16.5. The van der Waals surface area contributed by atoms with E-state index < -0.39 is 41.0 Å². The van der Waals surface area contributed by atoms with Gasteiger partial charge in [-0.05, 0) is 54.4 Å². The summed E-state index contributed by atoms with van der Waals surface area (Å²) < 4.78 is 11.7. The first-order chi connectivity index (χ1) is 20.8. The fraction of sp³-hybridized carbons (Fsp3) is 0.229. The van der Waals surface area contributed by atoms with Crippen LogP contribution in [0.25, 0.3) is 0 Å². The molecule has 4 atom stereocenters. The van der Waals surface area contributed by atoms with Crippen LogP contribution in [0.5, 0.6) is 11.5 Å². The lowest BCUT2D eigenvalue weighted by Gasteiger charge is -2.44. The summed E-state index contributed by atoms with van der Waals surface area (Å²) in [4.78, 5) is 41.3. The summed E-state index contributed by atoms with van der Waals surface area (Å²) in [5.74, 6) is -4.12. The van der Waals surface area contributed by atoms with E-state index in [1.54, 1.807) is 66.7 Å². The third-order valence-electron chi connectivity index (χ3n) is 7.72. The predicted octanol–water partition coefficient (Wildman–Crippen LogP) is 5.59. The second-order valence-electron chi connectivity index (χ2n) is 10.9. The maximum atomic E-state index is 13.9.